The molecule has 146 valence electrons. The smallest absolute Gasteiger partial charge is 0.268 e. The van der Waals surface area contributed by atoms with E-state index >= 15 is 0 Å². The van der Waals surface area contributed by atoms with Crippen LogP contribution < -0.4 is 0 Å². The minimum absolute atomic E-state index is 0.0958. The third kappa shape index (κ3) is 3.69. The van der Waals surface area contributed by atoms with E-state index in [2.05, 4.69) is 29.1 Å². The maximum Gasteiger partial charge on any atom is 0.268 e. The largest absolute Gasteiger partial charge is 0.420 e. The number of hydrogen-bond acceptors (Lipinski definition) is 6. The molecule has 1 saturated heterocycles. The molecule has 0 unspecified atom stereocenters. The Morgan fingerprint density at radius 2 is 1.86 bits per heavy atom. The lowest BCUT2D eigenvalue weighted by atomic mass is 10.1. The first-order valence-electron chi connectivity index (χ1n) is 9.41. The topological polar surface area (TPSA) is 77.1 Å². The van der Waals surface area contributed by atoms with Crippen LogP contribution in [0.3, 0.4) is 0 Å². The highest BCUT2D eigenvalue weighted by molar-refractivity contribution is 7.99. The number of benzene rings is 1. The highest BCUT2D eigenvalue weighted by atomic mass is 32.2. The van der Waals surface area contributed by atoms with E-state index < -0.39 is 0 Å². The molecule has 0 saturated carbocycles. The van der Waals surface area contributed by atoms with E-state index in [1.54, 1.807) is 6.92 Å². The van der Waals surface area contributed by atoms with Crippen LogP contribution in [0.2, 0.25) is 0 Å². The maximum absolute atomic E-state index is 12.7. The Labute approximate surface area is 168 Å². The Balaban J connectivity index is 1.63. The van der Waals surface area contributed by atoms with Crippen molar-refractivity contribution in [3.05, 3.63) is 47.5 Å². The lowest BCUT2D eigenvalue weighted by Crippen LogP contribution is -2.37. The average molecular weight is 398 g/mol. The summed E-state index contributed by atoms with van der Waals surface area (Å²) in [7, 11) is 0. The average Bonchev–Trinajstić information content (AvgIpc) is 3.35. The molecule has 4 rings (SSSR count). The number of aryl methyl sites for hydroxylation is 1. The van der Waals surface area contributed by atoms with E-state index in [1.807, 2.05) is 51.7 Å². The van der Waals surface area contributed by atoms with Crippen LogP contribution in [-0.4, -0.2) is 55.4 Å². The molecule has 1 fully saturated rings. The van der Waals surface area contributed by atoms with Crippen molar-refractivity contribution in [2.24, 2.45) is 0 Å². The molecule has 8 heteroatoms. The lowest BCUT2D eigenvalue weighted by Gasteiger charge is -2.26. The van der Waals surface area contributed by atoms with Gasteiger partial charge in [0.15, 0.2) is 0 Å². The zero-order valence-corrected chi connectivity index (χ0v) is 17.1. The molecular formula is C20H23N5O2S. The summed E-state index contributed by atoms with van der Waals surface area (Å²) < 4.78 is 7.40. The zero-order valence-electron chi connectivity index (χ0n) is 16.3. The summed E-state index contributed by atoms with van der Waals surface area (Å²) in [5.41, 5.74) is 3.30. The van der Waals surface area contributed by atoms with Crippen molar-refractivity contribution < 1.29 is 9.21 Å². The van der Waals surface area contributed by atoms with Gasteiger partial charge in [0.2, 0.25) is 5.89 Å². The van der Waals surface area contributed by atoms with Crippen LogP contribution in [0.1, 0.15) is 41.7 Å². The predicted molar refractivity (Wildman–Crippen MR) is 109 cm³/mol. The summed E-state index contributed by atoms with van der Waals surface area (Å²) >= 11 is 1.89. The SMILES string of the molecule is Cc1nnc(-c2cc(C(C)C)n(-c3ccc(C(=O)N4CCSCC4)cc3)n2)o1. The third-order valence-corrected chi connectivity index (χ3v) is 5.67. The molecule has 0 bridgehead atoms. The number of carbonyl (C=O) groups is 1. The summed E-state index contributed by atoms with van der Waals surface area (Å²) in [5.74, 6) is 3.29. The van der Waals surface area contributed by atoms with Crippen molar-refractivity contribution in [2.75, 3.05) is 24.6 Å². The van der Waals surface area contributed by atoms with E-state index in [1.165, 1.54) is 0 Å². The third-order valence-electron chi connectivity index (χ3n) is 4.73. The van der Waals surface area contributed by atoms with Gasteiger partial charge in [0.05, 0.1) is 5.69 Å². The monoisotopic (exact) mass is 397 g/mol. The molecule has 0 aliphatic carbocycles. The number of aromatic nitrogens is 4. The highest BCUT2D eigenvalue weighted by Gasteiger charge is 2.20. The van der Waals surface area contributed by atoms with Gasteiger partial charge in [-0.05, 0) is 36.2 Å². The van der Waals surface area contributed by atoms with Crippen molar-refractivity contribution in [3.8, 4) is 17.3 Å². The van der Waals surface area contributed by atoms with Crippen molar-refractivity contribution in [2.45, 2.75) is 26.7 Å². The van der Waals surface area contributed by atoms with Crippen molar-refractivity contribution >= 4 is 17.7 Å². The highest BCUT2D eigenvalue weighted by Crippen LogP contribution is 2.26. The minimum atomic E-state index is 0.0958. The Morgan fingerprint density at radius 3 is 2.46 bits per heavy atom. The Morgan fingerprint density at radius 1 is 1.14 bits per heavy atom. The van der Waals surface area contributed by atoms with E-state index in [0.29, 0.717) is 23.0 Å². The second-order valence-electron chi connectivity index (χ2n) is 7.10. The van der Waals surface area contributed by atoms with Crippen LogP contribution >= 0.6 is 11.8 Å². The quantitative estimate of drug-likeness (QED) is 0.670. The van der Waals surface area contributed by atoms with E-state index in [-0.39, 0.29) is 11.8 Å². The van der Waals surface area contributed by atoms with Crippen LogP contribution in [-0.2, 0) is 0 Å². The molecule has 28 heavy (non-hydrogen) atoms. The number of nitrogens with zero attached hydrogens (tertiary/aromatic N) is 5. The van der Waals surface area contributed by atoms with Gasteiger partial charge in [-0.1, -0.05) is 13.8 Å². The van der Waals surface area contributed by atoms with Crippen molar-refractivity contribution in [1.29, 1.82) is 0 Å². The molecule has 0 atom stereocenters. The Bertz CT molecular complexity index is 971. The molecule has 0 N–H and O–H groups in total. The minimum Gasteiger partial charge on any atom is -0.420 e. The van der Waals surface area contributed by atoms with Gasteiger partial charge in [-0.3, -0.25) is 4.79 Å². The first-order chi connectivity index (χ1) is 13.5. The Hall–Kier alpha value is -2.61. The molecule has 2 aromatic heterocycles. The van der Waals surface area contributed by atoms with Gasteiger partial charge in [-0.2, -0.15) is 16.9 Å². The molecule has 1 aromatic carbocycles. The van der Waals surface area contributed by atoms with Gasteiger partial charge in [0.25, 0.3) is 11.8 Å². The zero-order chi connectivity index (χ0) is 19.7. The standard InChI is InChI=1S/C20H23N5O2S/c1-13(2)18-12-17(19-22-21-14(3)27-19)23-25(18)16-6-4-15(5-7-16)20(26)24-8-10-28-11-9-24/h4-7,12-13H,8-11H2,1-3H3. The summed E-state index contributed by atoms with van der Waals surface area (Å²) in [5, 5.41) is 12.6. The van der Waals surface area contributed by atoms with Gasteiger partial charge in [-0.15, -0.1) is 10.2 Å². The van der Waals surface area contributed by atoms with Gasteiger partial charge >= 0.3 is 0 Å². The number of amides is 1. The fourth-order valence-electron chi connectivity index (χ4n) is 3.21. The number of thioether (sulfide) groups is 1. The predicted octanol–water partition coefficient (Wildman–Crippen LogP) is 3.54. The second kappa shape index (κ2) is 7.79. The van der Waals surface area contributed by atoms with Gasteiger partial charge in [0.1, 0.15) is 5.69 Å². The molecule has 0 radical (unpaired) electrons. The first kappa shape index (κ1) is 18.7. The van der Waals surface area contributed by atoms with Crippen molar-refractivity contribution in [1.82, 2.24) is 24.9 Å². The van der Waals surface area contributed by atoms with Gasteiger partial charge < -0.3 is 9.32 Å². The van der Waals surface area contributed by atoms with Gasteiger partial charge in [0, 0.05) is 42.8 Å². The summed E-state index contributed by atoms with van der Waals surface area (Å²) in [6, 6.07) is 9.60. The van der Waals surface area contributed by atoms with Gasteiger partial charge in [-0.25, -0.2) is 4.68 Å². The summed E-state index contributed by atoms with van der Waals surface area (Å²) in [4.78, 5) is 14.6. The molecule has 1 aliphatic rings. The fourth-order valence-corrected chi connectivity index (χ4v) is 4.12. The summed E-state index contributed by atoms with van der Waals surface area (Å²) in [6.45, 7) is 7.61. The molecule has 3 heterocycles. The number of rotatable bonds is 4. The van der Waals surface area contributed by atoms with E-state index in [9.17, 15) is 4.79 Å². The van der Waals surface area contributed by atoms with Crippen molar-refractivity contribution in [3.63, 3.8) is 0 Å². The number of carbonyl (C=O) groups excluding carboxylic acids is 1. The molecule has 7 nitrogen and oxygen atoms in total. The lowest BCUT2D eigenvalue weighted by molar-refractivity contribution is 0.0772. The molecule has 1 aliphatic heterocycles. The van der Waals surface area contributed by atoms with Crippen LogP contribution in [0.5, 0.6) is 0 Å². The number of hydrogen-bond donors (Lipinski definition) is 0. The molecule has 3 aromatic rings. The first-order valence-corrected chi connectivity index (χ1v) is 10.6. The van der Waals surface area contributed by atoms with Crippen LogP contribution in [0.25, 0.3) is 17.3 Å². The summed E-state index contributed by atoms with van der Waals surface area (Å²) in [6.07, 6.45) is 0. The van der Waals surface area contributed by atoms with E-state index in [0.717, 1.165) is 36.0 Å². The Kier molecular flexibility index (Phi) is 5.21. The fraction of sp³-hybridized carbons (Fsp3) is 0.400. The van der Waals surface area contributed by atoms with Crippen LogP contribution in [0, 0.1) is 6.92 Å². The maximum atomic E-state index is 12.7. The van der Waals surface area contributed by atoms with Crippen LogP contribution in [0.15, 0.2) is 34.7 Å². The normalized spacial score (nSPS) is 14.6. The molecule has 1 amide bonds. The van der Waals surface area contributed by atoms with E-state index in [4.69, 9.17) is 4.42 Å². The second-order valence-corrected chi connectivity index (χ2v) is 8.32. The molecule has 0 spiro atoms. The molecular weight excluding hydrogens is 374 g/mol. The van der Waals surface area contributed by atoms with Crippen LogP contribution in [0.4, 0.5) is 0 Å².